The van der Waals surface area contributed by atoms with Crippen LogP contribution in [0.4, 0.5) is 0 Å². The van der Waals surface area contributed by atoms with Gasteiger partial charge in [-0.1, -0.05) is 18.2 Å². The van der Waals surface area contributed by atoms with Gasteiger partial charge in [-0.15, -0.1) is 0 Å². The van der Waals surface area contributed by atoms with Gasteiger partial charge in [-0.2, -0.15) is 0 Å². The molecule has 94 valence electrons. The Hall–Kier alpha value is -1.39. The molecule has 4 nitrogen and oxygen atoms in total. The van der Waals surface area contributed by atoms with Crippen LogP contribution in [0, 0.1) is 0 Å². The van der Waals surface area contributed by atoms with Gasteiger partial charge in [-0.3, -0.25) is 0 Å². The van der Waals surface area contributed by atoms with E-state index < -0.39 is 5.97 Å². The van der Waals surface area contributed by atoms with E-state index in [9.17, 15) is 4.79 Å². The summed E-state index contributed by atoms with van der Waals surface area (Å²) >= 11 is 0. The lowest BCUT2D eigenvalue weighted by atomic mass is 10.2. The van der Waals surface area contributed by atoms with Gasteiger partial charge in [0.1, 0.15) is 0 Å². The molecule has 1 aliphatic rings. The van der Waals surface area contributed by atoms with E-state index in [-0.39, 0.29) is 12.7 Å². The van der Waals surface area contributed by atoms with Crippen LogP contribution in [-0.2, 0) is 4.74 Å². The van der Waals surface area contributed by atoms with E-state index in [4.69, 9.17) is 14.9 Å². The zero-order valence-corrected chi connectivity index (χ0v) is 9.87. The normalized spacial score (nSPS) is 22.7. The zero-order chi connectivity index (χ0) is 12.7. The second-order valence-electron chi connectivity index (χ2n) is 4.00. The minimum Gasteiger partial charge on any atom is -0.478 e. The summed E-state index contributed by atoms with van der Waals surface area (Å²) in [5.41, 5.74) is 0.331. The highest BCUT2D eigenvalue weighted by Gasteiger charge is 2.19. The minimum absolute atomic E-state index is 0.130. The molecule has 2 atom stereocenters. The molecule has 0 unspecified atom stereocenters. The number of hydrogen-bond donors (Lipinski definition) is 2. The van der Waals surface area contributed by atoms with Crippen LogP contribution in [0.2, 0.25) is 0 Å². The van der Waals surface area contributed by atoms with E-state index >= 15 is 0 Å². The van der Waals surface area contributed by atoms with Crippen LogP contribution >= 0.6 is 0 Å². The van der Waals surface area contributed by atoms with Crippen LogP contribution in [0.5, 0.6) is 0 Å². The highest BCUT2D eigenvalue weighted by molar-refractivity contribution is 5.87. The second kappa shape index (κ2) is 7.04. The predicted molar refractivity (Wildman–Crippen MR) is 64.1 cm³/mol. The Labute approximate surface area is 101 Å². The number of hydrogen-bond acceptors (Lipinski definition) is 3. The molecule has 4 heteroatoms. The van der Waals surface area contributed by atoms with Crippen molar-refractivity contribution in [3.05, 3.63) is 35.9 Å². The molecule has 2 rings (SSSR count). The first-order chi connectivity index (χ1) is 8.13. The summed E-state index contributed by atoms with van der Waals surface area (Å²) in [4.78, 5) is 10.2. The van der Waals surface area contributed by atoms with E-state index in [1.165, 1.54) is 0 Å². The predicted octanol–water partition coefficient (Wildman–Crippen LogP) is 1.93. The number of aliphatic hydroxyl groups is 1. The Balaban J connectivity index is 0.000000171. The first kappa shape index (κ1) is 13.7. The first-order valence-corrected chi connectivity index (χ1v) is 5.68. The average Bonchev–Trinajstić information content (AvgIpc) is 2.77. The maximum absolute atomic E-state index is 10.2. The largest absolute Gasteiger partial charge is 0.478 e. The fraction of sp³-hybridized carbons (Fsp3) is 0.462. The average molecular weight is 238 g/mol. The highest BCUT2D eigenvalue weighted by Crippen LogP contribution is 2.17. The van der Waals surface area contributed by atoms with Gasteiger partial charge in [0, 0.05) is 0 Å². The maximum atomic E-state index is 10.2. The number of carboxylic acids is 1. The second-order valence-corrected chi connectivity index (χ2v) is 4.00. The fourth-order valence-corrected chi connectivity index (χ4v) is 1.60. The molecule has 0 bridgehead atoms. The molecule has 1 aliphatic heterocycles. The van der Waals surface area contributed by atoms with Crippen molar-refractivity contribution in [3.63, 3.8) is 0 Å². The summed E-state index contributed by atoms with van der Waals surface area (Å²) in [6.07, 6.45) is 2.63. The van der Waals surface area contributed by atoms with E-state index in [0.717, 1.165) is 12.8 Å². The lowest BCUT2D eigenvalue weighted by molar-refractivity contribution is 0.0198. The molecule has 1 heterocycles. The molecule has 0 amide bonds. The van der Waals surface area contributed by atoms with Crippen molar-refractivity contribution in [2.24, 2.45) is 0 Å². The molecule has 1 aromatic rings. The molecule has 0 aliphatic carbocycles. The van der Waals surface area contributed by atoms with Crippen molar-refractivity contribution in [2.75, 3.05) is 6.61 Å². The van der Waals surface area contributed by atoms with Crippen molar-refractivity contribution in [3.8, 4) is 0 Å². The monoisotopic (exact) mass is 238 g/mol. The van der Waals surface area contributed by atoms with Gasteiger partial charge in [0.05, 0.1) is 24.4 Å². The van der Waals surface area contributed by atoms with Gasteiger partial charge in [0.2, 0.25) is 0 Å². The Kier molecular flexibility index (Phi) is 5.66. The van der Waals surface area contributed by atoms with E-state index in [0.29, 0.717) is 11.7 Å². The van der Waals surface area contributed by atoms with Crippen LogP contribution < -0.4 is 0 Å². The lowest BCUT2D eigenvalue weighted by Gasteiger charge is -2.05. The van der Waals surface area contributed by atoms with Crippen LogP contribution in [-0.4, -0.2) is 35.0 Å². The molecule has 1 fully saturated rings. The summed E-state index contributed by atoms with van der Waals surface area (Å²) in [6, 6.07) is 8.30. The molecule has 1 aromatic carbocycles. The summed E-state index contributed by atoms with van der Waals surface area (Å²) in [5, 5.41) is 16.9. The first-order valence-electron chi connectivity index (χ1n) is 5.68. The Morgan fingerprint density at radius 1 is 1.35 bits per heavy atom. The highest BCUT2D eigenvalue weighted by atomic mass is 16.5. The van der Waals surface area contributed by atoms with Gasteiger partial charge in [-0.25, -0.2) is 4.79 Å². The van der Waals surface area contributed by atoms with Gasteiger partial charge in [0.15, 0.2) is 0 Å². The van der Waals surface area contributed by atoms with E-state index in [1.807, 2.05) is 6.92 Å². The van der Waals surface area contributed by atoms with Crippen LogP contribution in [0.25, 0.3) is 0 Å². The van der Waals surface area contributed by atoms with Crippen LogP contribution in [0.1, 0.15) is 30.1 Å². The summed E-state index contributed by atoms with van der Waals surface area (Å²) < 4.78 is 5.26. The Bertz CT molecular complexity index is 337. The third kappa shape index (κ3) is 4.97. The third-order valence-corrected chi connectivity index (χ3v) is 2.54. The number of carboxylic acid groups (broad SMARTS) is 1. The zero-order valence-electron chi connectivity index (χ0n) is 9.87. The molecule has 0 saturated carbocycles. The van der Waals surface area contributed by atoms with Crippen molar-refractivity contribution >= 4 is 5.97 Å². The van der Waals surface area contributed by atoms with Crippen molar-refractivity contribution in [1.82, 2.24) is 0 Å². The van der Waals surface area contributed by atoms with Crippen molar-refractivity contribution in [2.45, 2.75) is 32.0 Å². The van der Waals surface area contributed by atoms with Gasteiger partial charge >= 0.3 is 5.97 Å². The molecule has 2 N–H and O–H groups in total. The lowest BCUT2D eigenvalue weighted by Crippen LogP contribution is -2.11. The molecule has 0 spiro atoms. The molecule has 0 aromatic heterocycles. The number of rotatable bonds is 2. The number of carbonyl (C=O) groups is 1. The van der Waals surface area contributed by atoms with Gasteiger partial charge in [-0.05, 0) is 31.9 Å². The summed E-state index contributed by atoms with van der Waals surface area (Å²) in [7, 11) is 0. The maximum Gasteiger partial charge on any atom is 0.335 e. The quantitative estimate of drug-likeness (QED) is 0.826. The molecule has 1 saturated heterocycles. The molecular formula is C13H18O4. The SMILES string of the molecule is C[C@H]1CC[C@H](CO)O1.O=C(O)c1ccccc1. The number of benzene rings is 1. The van der Waals surface area contributed by atoms with E-state index in [1.54, 1.807) is 30.3 Å². The van der Waals surface area contributed by atoms with Crippen LogP contribution in [0.3, 0.4) is 0 Å². The number of ether oxygens (including phenoxy) is 1. The molecule has 0 radical (unpaired) electrons. The summed E-state index contributed by atoms with van der Waals surface area (Å²) in [6.45, 7) is 2.22. The molecular weight excluding hydrogens is 220 g/mol. The third-order valence-electron chi connectivity index (χ3n) is 2.54. The van der Waals surface area contributed by atoms with Crippen molar-refractivity contribution < 1.29 is 19.7 Å². The molecule has 17 heavy (non-hydrogen) atoms. The number of aromatic carboxylic acids is 1. The van der Waals surface area contributed by atoms with Gasteiger partial charge < -0.3 is 14.9 Å². The van der Waals surface area contributed by atoms with Crippen LogP contribution in [0.15, 0.2) is 30.3 Å². The van der Waals surface area contributed by atoms with E-state index in [2.05, 4.69) is 0 Å². The van der Waals surface area contributed by atoms with Gasteiger partial charge in [0.25, 0.3) is 0 Å². The Morgan fingerprint density at radius 2 is 2.00 bits per heavy atom. The summed E-state index contributed by atoms with van der Waals surface area (Å²) in [5.74, 6) is -0.879. The standard InChI is InChI=1S/C7H6O2.C6H12O2/c8-7(9)6-4-2-1-3-5-6;1-5-2-3-6(4-7)8-5/h1-5H,(H,8,9);5-7H,2-4H2,1H3/t;5-,6+/m.0/s1. The topological polar surface area (TPSA) is 66.8 Å². The Morgan fingerprint density at radius 3 is 2.29 bits per heavy atom. The van der Waals surface area contributed by atoms with Crippen molar-refractivity contribution in [1.29, 1.82) is 0 Å². The fourth-order valence-electron chi connectivity index (χ4n) is 1.60. The smallest absolute Gasteiger partial charge is 0.335 e. The minimum atomic E-state index is -0.879. The number of aliphatic hydroxyl groups excluding tert-OH is 1.